The number of nitrogens with one attached hydrogen (secondary N) is 1. The Kier molecular flexibility index (Phi) is 13.6. The zero-order chi connectivity index (χ0) is 44.9. The van der Waals surface area contributed by atoms with Gasteiger partial charge in [-0.1, -0.05) is 0 Å². The third kappa shape index (κ3) is 10.4. The number of imidazole rings is 1. The van der Waals surface area contributed by atoms with Gasteiger partial charge < -0.3 is 34.4 Å². The van der Waals surface area contributed by atoms with Crippen molar-refractivity contribution in [2.75, 3.05) is 37.6 Å². The Bertz CT molecular complexity index is 2480. The molecule has 28 heteroatoms. The number of carbonyl (C=O) groups is 2. The van der Waals surface area contributed by atoms with Gasteiger partial charge in [0, 0.05) is 7.11 Å². The number of halogens is 1. The molecule has 340 valence electrons. The van der Waals surface area contributed by atoms with Crippen LogP contribution in [0.1, 0.15) is 64.6 Å². The van der Waals surface area contributed by atoms with E-state index in [9.17, 15) is 18.9 Å². The lowest BCUT2D eigenvalue weighted by molar-refractivity contribution is -0.152. The number of nitrogens with two attached hydrogens (primary N) is 1. The molecule has 0 aromatic carbocycles. The SMILES string of the molecule is CO[C@H]1[C@H]2O[P@](=O)(SCC(=O)OC(C)(C)C)OC[C@H]3O[C@@H](n4cnc5c(N)ncnc54)[C@H](F)[C@@H]3O[P@@](=O)(SCC(=O)OC(C)(C)C)OC[C@H]1O[C@H]2c1snc2c(=O)[nH]c(C)nc12. The Morgan fingerprint density at radius 3 is 2.16 bits per heavy atom. The number of fused-ring (bicyclic) bond motifs is 5. The molecule has 7 heterocycles. The standard InChI is InChI=1S/C34H45FN8O14P2S3/c1-15-40-21-22(31(46)41-15)42-62-28(21)27-26-25(49-8)17(52-27)10-51-58(47,60-11-18(44)54-33(2,3)4)56-24-16(9-50-59(48,57-26)61-12-19(45)55-34(5,6)7)53-32(20(24)35)43-14-39-23-29(36)37-13-38-30(23)43/h13-14,16-17,20,24-27,32H,9-12H2,1-8H3,(H2,36,37,38)(H,40,41,46)/t16-,17-,20-,24-,25-,26-,27-,32-,58+,59-/m1/s1. The highest BCUT2D eigenvalue weighted by molar-refractivity contribution is 8.55. The first-order chi connectivity index (χ1) is 29.1. The molecule has 0 spiro atoms. The van der Waals surface area contributed by atoms with E-state index in [1.807, 2.05) is 0 Å². The van der Waals surface area contributed by atoms with Gasteiger partial charge in [0.15, 0.2) is 29.4 Å². The molecule has 0 saturated carbocycles. The van der Waals surface area contributed by atoms with Crippen molar-refractivity contribution in [1.82, 2.24) is 33.9 Å². The number of hydrogen-bond acceptors (Lipinski definition) is 23. The van der Waals surface area contributed by atoms with Crippen molar-refractivity contribution in [1.29, 1.82) is 0 Å². The second-order valence-electron chi connectivity index (χ2n) is 16.1. The summed E-state index contributed by atoms with van der Waals surface area (Å²) in [6.45, 7) is 0.879. The molecule has 0 aliphatic carbocycles. The molecule has 3 saturated heterocycles. The maximum Gasteiger partial charge on any atom is 0.390 e. The average Bonchev–Trinajstić information content (AvgIpc) is 3.94. The molecular weight excluding hydrogens is 922 g/mol. The summed E-state index contributed by atoms with van der Waals surface area (Å²) >= 11 is 1.78. The van der Waals surface area contributed by atoms with Gasteiger partial charge in [0.2, 0.25) is 0 Å². The first kappa shape index (κ1) is 46.9. The number of aromatic nitrogens is 7. The van der Waals surface area contributed by atoms with E-state index in [0.717, 1.165) is 17.9 Å². The molecule has 3 fully saturated rings. The van der Waals surface area contributed by atoms with Gasteiger partial charge in [0.25, 0.3) is 5.56 Å². The summed E-state index contributed by atoms with van der Waals surface area (Å²) in [4.78, 5) is 58.5. The van der Waals surface area contributed by atoms with Crippen molar-refractivity contribution in [3.05, 3.63) is 33.7 Å². The predicted molar refractivity (Wildman–Crippen MR) is 223 cm³/mol. The molecule has 4 aromatic heterocycles. The van der Waals surface area contributed by atoms with Gasteiger partial charge >= 0.3 is 25.5 Å². The van der Waals surface area contributed by atoms with E-state index in [4.69, 9.17) is 47.5 Å². The number of anilines is 1. The van der Waals surface area contributed by atoms with Gasteiger partial charge in [-0.25, -0.2) is 33.5 Å². The van der Waals surface area contributed by atoms with Crippen molar-refractivity contribution in [3.63, 3.8) is 0 Å². The Labute approximate surface area is 365 Å². The van der Waals surface area contributed by atoms with Crippen molar-refractivity contribution in [2.24, 2.45) is 0 Å². The zero-order valence-electron chi connectivity index (χ0n) is 34.6. The molecule has 7 rings (SSSR count). The maximum absolute atomic E-state index is 17.0. The lowest BCUT2D eigenvalue weighted by atomic mass is 10.1. The number of aryl methyl sites for hydroxylation is 1. The molecule has 3 aliphatic rings. The highest BCUT2D eigenvalue weighted by Gasteiger charge is 2.56. The minimum atomic E-state index is -4.65. The van der Waals surface area contributed by atoms with E-state index in [-0.39, 0.29) is 38.7 Å². The minimum absolute atomic E-state index is 0.00391. The van der Waals surface area contributed by atoms with Gasteiger partial charge in [-0.05, 0) is 82.8 Å². The van der Waals surface area contributed by atoms with Gasteiger partial charge in [-0.3, -0.25) is 37.0 Å². The number of alkyl halides is 1. The summed E-state index contributed by atoms with van der Waals surface area (Å²) in [5.41, 5.74) is 4.06. The first-order valence-corrected chi connectivity index (χ1v) is 26.0. The summed E-state index contributed by atoms with van der Waals surface area (Å²) in [7, 11) is 1.31. The summed E-state index contributed by atoms with van der Waals surface area (Å²) < 4.78 is 106. The molecule has 22 nitrogen and oxygen atoms in total. The van der Waals surface area contributed by atoms with Crippen LogP contribution < -0.4 is 11.3 Å². The Hall–Kier alpha value is -3.13. The first-order valence-electron chi connectivity index (χ1n) is 18.9. The van der Waals surface area contributed by atoms with Crippen LogP contribution in [0.2, 0.25) is 0 Å². The largest absolute Gasteiger partial charge is 0.459 e. The molecule has 10 atom stereocenters. The highest BCUT2D eigenvalue weighted by atomic mass is 32.7. The van der Waals surface area contributed by atoms with Gasteiger partial charge in [-0.2, -0.15) is 4.37 Å². The monoisotopic (exact) mass is 966 g/mol. The molecule has 2 bridgehead atoms. The lowest BCUT2D eigenvalue weighted by Gasteiger charge is -2.28. The van der Waals surface area contributed by atoms with Crippen LogP contribution in [-0.4, -0.2) is 126 Å². The molecule has 0 amide bonds. The number of nitrogens with zero attached hydrogens (tertiary/aromatic N) is 6. The summed E-state index contributed by atoms with van der Waals surface area (Å²) in [6, 6.07) is 0. The van der Waals surface area contributed by atoms with Crippen LogP contribution in [0.15, 0.2) is 17.4 Å². The fourth-order valence-electron chi connectivity index (χ4n) is 6.70. The van der Waals surface area contributed by atoms with Crippen LogP contribution in [0.5, 0.6) is 0 Å². The number of H-pyrrole nitrogens is 1. The third-order valence-electron chi connectivity index (χ3n) is 9.07. The van der Waals surface area contributed by atoms with Gasteiger partial charge in [-0.15, -0.1) is 0 Å². The van der Waals surface area contributed by atoms with Crippen LogP contribution in [0.3, 0.4) is 0 Å². The number of ether oxygens (including phenoxy) is 5. The third-order valence-corrected chi connectivity index (χ3v) is 17.1. The van der Waals surface area contributed by atoms with Crippen LogP contribution in [0, 0.1) is 6.92 Å². The van der Waals surface area contributed by atoms with E-state index >= 15 is 8.96 Å². The fraction of sp³-hybridized carbons (Fsp3) is 0.647. The predicted octanol–water partition coefficient (Wildman–Crippen LogP) is 4.98. The molecular formula is C34H45FN8O14P2S3. The van der Waals surface area contributed by atoms with E-state index in [1.165, 1.54) is 18.0 Å². The number of carbonyl (C=O) groups excluding carboxylic acids is 2. The highest BCUT2D eigenvalue weighted by Crippen LogP contribution is 2.66. The Morgan fingerprint density at radius 1 is 0.935 bits per heavy atom. The molecule has 3 aliphatic heterocycles. The Morgan fingerprint density at radius 2 is 1.55 bits per heavy atom. The van der Waals surface area contributed by atoms with Crippen molar-refractivity contribution < 1.29 is 64.9 Å². The summed E-state index contributed by atoms with van der Waals surface area (Å²) in [6.07, 6.45) is -9.65. The molecule has 0 unspecified atom stereocenters. The van der Waals surface area contributed by atoms with E-state index in [1.54, 1.807) is 48.5 Å². The fourth-order valence-corrected chi connectivity index (χ4v) is 13.7. The summed E-state index contributed by atoms with van der Waals surface area (Å²) in [5.74, 6) is -2.34. The normalized spacial score (nSPS) is 31.0. The second-order valence-corrected chi connectivity index (χ2v) is 25.0. The van der Waals surface area contributed by atoms with Crippen molar-refractivity contribution in [2.45, 2.75) is 109 Å². The Balaban J connectivity index is 1.30. The number of hydrogen-bond donors (Lipinski definition) is 2. The topological polar surface area (TPSA) is 280 Å². The molecule has 0 radical (unpaired) electrons. The van der Waals surface area contributed by atoms with Gasteiger partial charge in [0.1, 0.15) is 82.5 Å². The molecule has 4 aromatic rings. The average molecular weight is 967 g/mol. The van der Waals surface area contributed by atoms with E-state index < -0.39 is 116 Å². The summed E-state index contributed by atoms with van der Waals surface area (Å²) in [5, 5.41) is 0. The minimum Gasteiger partial charge on any atom is -0.459 e. The van der Waals surface area contributed by atoms with Crippen molar-refractivity contribution in [3.8, 4) is 0 Å². The lowest BCUT2D eigenvalue weighted by Crippen LogP contribution is -2.36. The van der Waals surface area contributed by atoms with Crippen LogP contribution in [0.25, 0.3) is 22.2 Å². The quantitative estimate of drug-likeness (QED) is 0.165. The molecule has 62 heavy (non-hydrogen) atoms. The van der Waals surface area contributed by atoms with Crippen LogP contribution in [0.4, 0.5) is 10.2 Å². The number of esters is 2. The number of aromatic amines is 1. The number of rotatable bonds is 9. The number of nitrogen functional groups attached to an aromatic ring is 1. The van der Waals surface area contributed by atoms with Crippen LogP contribution >= 0.6 is 47.9 Å². The van der Waals surface area contributed by atoms with E-state index in [0.29, 0.717) is 22.8 Å². The van der Waals surface area contributed by atoms with Crippen LogP contribution in [-0.2, 0) is 60.5 Å². The van der Waals surface area contributed by atoms with Crippen molar-refractivity contribution >= 4 is 87.8 Å². The smallest absolute Gasteiger partial charge is 0.390 e. The second kappa shape index (κ2) is 18.0. The maximum atomic E-state index is 17.0. The number of methoxy groups -OCH3 is 1. The van der Waals surface area contributed by atoms with E-state index in [2.05, 4.69) is 29.3 Å². The molecule has 3 N–H and O–H groups in total. The van der Waals surface area contributed by atoms with Gasteiger partial charge in [0.05, 0.1) is 24.4 Å². The zero-order valence-corrected chi connectivity index (χ0v) is 38.8.